The van der Waals surface area contributed by atoms with Crippen LogP contribution in [0.1, 0.15) is 82.8 Å². The Kier molecular flexibility index (Phi) is 15.8. The van der Waals surface area contributed by atoms with Gasteiger partial charge in [0, 0.05) is 59.0 Å². The summed E-state index contributed by atoms with van der Waals surface area (Å²) in [6.07, 6.45) is 12.4. The van der Waals surface area contributed by atoms with Crippen molar-refractivity contribution in [3.05, 3.63) is 47.5 Å². The van der Waals surface area contributed by atoms with E-state index >= 15 is 0 Å². The monoisotopic (exact) mass is 559 g/mol. The standard InChI is InChI=1S/C33H57N3O4/c1-5-19-34-24-30(23-27-14-8-6-9-15-27)35-31(26-38-3)33(39-4)36-20-12-18-29(25-36)32(40-22-13-21-37-2)28-16-10-7-11-17-28/h7,10-11,16-17,27,29-30,32,34-35H,5-6,8-9,12-15,18-26H2,1-4H3/b33-31+/t29-,30+,32+/m1/s1. The predicted molar refractivity (Wildman–Crippen MR) is 163 cm³/mol. The average molecular weight is 560 g/mol. The maximum Gasteiger partial charge on any atom is 0.211 e. The lowest BCUT2D eigenvalue weighted by Gasteiger charge is -2.39. The number of nitrogens with one attached hydrogen (secondary N) is 2. The molecule has 2 aliphatic rings. The van der Waals surface area contributed by atoms with E-state index in [9.17, 15) is 0 Å². The van der Waals surface area contributed by atoms with Crippen molar-refractivity contribution in [1.82, 2.24) is 15.5 Å². The largest absolute Gasteiger partial charge is 0.481 e. The molecule has 1 aliphatic carbocycles. The molecule has 3 atom stereocenters. The number of benzene rings is 1. The zero-order valence-corrected chi connectivity index (χ0v) is 25.8. The maximum absolute atomic E-state index is 6.53. The van der Waals surface area contributed by atoms with Crippen molar-refractivity contribution in [1.29, 1.82) is 0 Å². The second-order valence-electron chi connectivity index (χ2n) is 11.6. The average Bonchev–Trinajstić information content (AvgIpc) is 2.99. The Balaban J connectivity index is 1.77. The molecule has 40 heavy (non-hydrogen) atoms. The van der Waals surface area contributed by atoms with Gasteiger partial charge < -0.3 is 34.5 Å². The molecule has 0 spiro atoms. The van der Waals surface area contributed by atoms with Gasteiger partial charge in [-0.2, -0.15) is 0 Å². The summed E-state index contributed by atoms with van der Waals surface area (Å²) in [4.78, 5) is 2.42. The summed E-state index contributed by atoms with van der Waals surface area (Å²) in [5.41, 5.74) is 2.31. The molecule has 3 rings (SSSR count). The van der Waals surface area contributed by atoms with Crippen LogP contribution in [0.4, 0.5) is 0 Å². The summed E-state index contributed by atoms with van der Waals surface area (Å²) < 4.78 is 23.7. The van der Waals surface area contributed by atoms with E-state index in [4.69, 9.17) is 18.9 Å². The van der Waals surface area contributed by atoms with Crippen molar-refractivity contribution in [2.75, 3.05) is 67.3 Å². The van der Waals surface area contributed by atoms with Crippen LogP contribution in [0.3, 0.4) is 0 Å². The number of methoxy groups -OCH3 is 3. The number of ether oxygens (including phenoxy) is 4. The molecule has 228 valence electrons. The molecule has 2 N–H and O–H groups in total. The highest BCUT2D eigenvalue weighted by molar-refractivity contribution is 5.19. The normalized spacial score (nSPS) is 20.6. The van der Waals surface area contributed by atoms with Gasteiger partial charge in [-0.1, -0.05) is 69.4 Å². The molecular formula is C33H57N3O4. The summed E-state index contributed by atoms with van der Waals surface area (Å²) in [6.45, 7) is 8.02. The molecule has 0 amide bonds. The van der Waals surface area contributed by atoms with Crippen LogP contribution in [0.5, 0.6) is 0 Å². The third kappa shape index (κ3) is 10.9. The van der Waals surface area contributed by atoms with E-state index in [0.29, 0.717) is 25.2 Å². The third-order valence-corrected chi connectivity index (χ3v) is 8.37. The summed E-state index contributed by atoms with van der Waals surface area (Å²) in [5, 5.41) is 7.59. The van der Waals surface area contributed by atoms with Gasteiger partial charge in [-0.05, 0) is 50.1 Å². The van der Waals surface area contributed by atoms with Crippen LogP contribution >= 0.6 is 0 Å². The van der Waals surface area contributed by atoms with Gasteiger partial charge in [-0.25, -0.2) is 0 Å². The molecule has 1 aromatic carbocycles. The lowest BCUT2D eigenvalue weighted by molar-refractivity contribution is -0.0257. The third-order valence-electron chi connectivity index (χ3n) is 8.37. The van der Waals surface area contributed by atoms with Crippen molar-refractivity contribution in [2.45, 2.75) is 83.3 Å². The topological polar surface area (TPSA) is 64.2 Å². The van der Waals surface area contributed by atoms with Gasteiger partial charge in [0.2, 0.25) is 5.88 Å². The van der Waals surface area contributed by atoms with E-state index in [-0.39, 0.29) is 6.10 Å². The van der Waals surface area contributed by atoms with E-state index < -0.39 is 0 Å². The molecule has 7 heteroatoms. The Morgan fingerprint density at radius 1 is 0.975 bits per heavy atom. The number of piperidine rings is 1. The zero-order valence-electron chi connectivity index (χ0n) is 25.8. The Hall–Kier alpha value is -1.80. The van der Waals surface area contributed by atoms with Gasteiger partial charge in [0.15, 0.2) is 0 Å². The first-order valence-electron chi connectivity index (χ1n) is 15.8. The maximum atomic E-state index is 6.53. The molecule has 0 bridgehead atoms. The van der Waals surface area contributed by atoms with Crippen molar-refractivity contribution in [3.63, 3.8) is 0 Å². The molecular weight excluding hydrogens is 502 g/mol. The predicted octanol–water partition coefficient (Wildman–Crippen LogP) is 5.88. The minimum absolute atomic E-state index is 0.0510. The zero-order chi connectivity index (χ0) is 28.4. The summed E-state index contributed by atoms with van der Waals surface area (Å²) in [7, 11) is 5.33. The Bertz CT molecular complexity index is 815. The van der Waals surface area contributed by atoms with Gasteiger partial charge in [0.05, 0.1) is 25.5 Å². The number of hydrogen-bond acceptors (Lipinski definition) is 7. The molecule has 1 saturated heterocycles. The Morgan fingerprint density at radius 3 is 2.48 bits per heavy atom. The highest BCUT2D eigenvalue weighted by Crippen LogP contribution is 2.35. The van der Waals surface area contributed by atoms with E-state index in [1.54, 1.807) is 21.3 Å². The van der Waals surface area contributed by atoms with Gasteiger partial charge in [-0.3, -0.25) is 0 Å². The van der Waals surface area contributed by atoms with E-state index in [0.717, 1.165) is 76.0 Å². The molecule has 1 heterocycles. The van der Waals surface area contributed by atoms with Crippen molar-refractivity contribution in [3.8, 4) is 0 Å². The molecule has 0 unspecified atom stereocenters. The molecule has 2 fully saturated rings. The number of likely N-dealkylation sites (tertiary alicyclic amines) is 1. The van der Waals surface area contributed by atoms with Gasteiger partial charge in [0.1, 0.15) is 0 Å². The smallest absolute Gasteiger partial charge is 0.211 e. The minimum atomic E-state index is 0.0510. The molecule has 0 radical (unpaired) electrons. The highest BCUT2D eigenvalue weighted by Gasteiger charge is 2.32. The highest BCUT2D eigenvalue weighted by atomic mass is 16.5. The summed E-state index contributed by atoms with van der Waals surface area (Å²) in [5.74, 6) is 2.09. The van der Waals surface area contributed by atoms with E-state index in [1.807, 2.05) is 0 Å². The lowest BCUT2D eigenvalue weighted by atomic mass is 9.84. The van der Waals surface area contributed by atoms with Crippen LogP contribution in [-0.2, 0) is 18.9 Å². The van der Waals surface area contributed by atoms with Crippen LogP contribution < -0.4 is 10.6 Å². The summed E-state index contributed by atoms with van der Waals surface area (Å²) in [6, 6.07) is 11.1. The van der Waals surface area contributed by atoms with Crippen LogP contribution in [0.15, 0.2) is 41.9 Å². The summed E-state index contributed by atoms with van der Waals surface area (Å²) >= 11 is 0. The second kappa shape index (κ2) is 19.3. The molecule has 1 aromatic rings. The molecule has 1 aliphatic heterocycles. The van der Waals surface area contributed by atoms with E-state index in [1.165, 1.54) is 44.1 Å². The van der Waals surface area contributed by atoms with E-state index in [2.05, 4.69) is 52.8 Å². The van der Waals surface area contributed by atoms with Crippen molar-refractivity contribution >= 4 is 0 Å². The van der Waals surface area contributed by atoms with Crippen LogP contribution in [0.25, 0.3) is 0 Å². The van der Waals surface area contributed by atoms with Crippen LogP contribution in [0.2, 0.25) is 0 Å². The second-order valence-corrected chi connectivity index (χ2v) is 11.6. The Morgan fingerprint density at radius 2 is 1.77 bits per heavy atom. The minimum Gasteiger partial charge on any atom is -0.481 e. The van der Waals surface area contributed by atoms with Gasteiger partial charge in [0.25, 0.3) is 0 Å². The number of nitrogens with zero attached hydrogens (tertiary/aromatic N) is 1. The first-order chi connectivity index (χ1) is 19.7. The Labute approximate surface area is 244 Å². The fourth-order valence-electron chi connectivity index (χ4n) is 6.47. The fraction of sp³-hybridized carbons (Fsp3) is 0.758. The van der Waals surface area contributed by atoms with Crippen molar-refractivity contribution in [2.24, 2.45) is 11.8 Å². The number of rotatable bonds is 19. The lowest BCUT2D eigenvalue weighted by Crippen LogP contribution is -2.44. The fourth-order valence-corrected chi connectivity index (χ4v) is 6.47. The van der Waals surface area contributed by atoms with Gasteiger partial charge >= 0.3 is 0 Å². The SMILES string of the molecule is CCCNC[C@H](CC1CCCCC1)N/C(COC)=C(/OC)N1CCC[C@@H]([C@@H](OCCCOC)c2ccccc2)C1. The van der Waals surface area contributed by atoms with Crippen LogP contribution in [0, 0.1) is 11.8 Å². The first kappa shape index (κ1) is 32.7. The molecule has 7 nitrogen and oxygen atoms in total. The quantitative estimate of drug-likeness (QED) is 0.162. The van der Waals surface area contributed by atoms with Gasteiger partial charge in [-0.15, -0.1) is 0 Å². The van der Waals surface area contributed by atoms with Crippen LogP contribution in [-0.4, -0.2) is 78.3 Å². The molecule has 0 aromatic heterocycles. The number of hydrogen-bond donors (Lipinski definition) is 2. The first-order valence-corrected chi connectivity index (χ1v) is 15.8. The van der Waals surface area contributed by atoms with Crippen molar-refractivity contribution < 1.29 is 18.9 Å². The molecule has 1 saturated carbocycles.